The number of benzene rings is 5. The van der Waals surface area contributed by atoms with Crippen LogP contribution in [0, 0.1) is 40.5 Å². The SMILES string of the molecule is CN(C)C(=O)c1cc(C(=O)N(C)C)cc([N+](=O)[O-])c1.CN(C)C(=O)c1cc(C(=O)O)cc([N+](=O)[O-])c1.CN(C)C(=O)c1cc(N)cc(C(=O)N(C)C)c1.COC(=O)c1cc(C(=O)N(C)C)cc([N+](=O)[O-])c1.COC(=O)c1cc(C(=O)O)cc([N+](=O)[O-])c1. The number of anilines is 1. The number of nitrogen functional groups attached to an aromatic ring is 1. The van der Waals surface area contributed by atoms with E-state index in [0.717, 1.165) is 74.9 Å². The molecule has 0 saturated carbocycles. The molecule has 33 nitrogen and oxygen atoms in total. The van der Waals surface area contributed by atoms with E-state index in [9.17, 15) is 88.4 Å². The largest absolute Gasteiger partial charge is 0.478 e. The van der Waals surface area contributed by atoms with Gasteiger partial charge in [0.25, 0.3) is 58.2 Å². The molecule has 6 amide bonds. The molecule has 0 unspecified atom stereocenters. The summed E-state index contributed by atoms with van der Waals surface area (Å²) >= 11 is 0. The highest BCUT2D eigenvalue weighted by Gasteiger charge is 2.23. The van der Waals surface area contributed by atoms with Gasteiger partial charge in [-0.05, 0) is 42.5 Å². The van der Waals surface area contributed by atoms with Crippen molar-refractivity contribution in [1.29, 1.82) is 0 Å². The molecule has 0 saturated heterocycles. The molecule has 464 valence electrons. The fraction of sp³-hybridized carbons (Fsp3) is 0.259. The maximum absolute atomic E-state index is 11.8. The number of ether oxygens (including phenoxy) is 2. The molecule has 0 aliphatic heterocycles. The van der Waals surface area contributed by atoms with Crippen molar-refractivity contribution >= 4 is 87.8 Å². The van der Waals surface area contributed by atoms with Crippen molar-refractivity contribution in [2.24, 2.45) is 0 Å². The summed E-state index contributed by atoms with van der Waals surface area (Å²) in [4.78, 5) is 162. The molecular weight excluding hydrogens is 1150 g/mol. The number of amides is 6. The van der Waals surface area contributed by atoms with Crippen molar-refractivity contribution in [3.05, 3.63) is 187 Å². The zero-order chi connectivity index (χ0) is 67.2. The average Bonchev–Trinajstić information content (AvgIpc) is 2.68. The monoisotopic (exact) mass is 1220 g/mol. The minimum atomic E-state index is -1.35. The molecule has 5 aromatic rings. The summed E-state index contributed by atoms with van der Waals surface area (Å²) in [5.41, 5.74) is 4.87. The quantitative estimate of drug-likeness (QED) is 0.0580. The van der Waals surface area contributed by atoms with Gasteiger partial charge in [0.15, 0.2) is 0 Å². The normalized spacial score (nSPS) is 9.77. The molecular formula is C54H61N11O22. The fourth-order valence-corrected chi connectivity index (χ4v) is 6.53. The molecule has 0 bridgehead atoms. The van der Waals surface area contributed by atoms with Crippen LogP contribution in [0.3, 0.4) is 0 Å². The summed E-state index contributed by atoms with van der Waals surface area (Å²) in [5, 5.41) is 60.2. The van der Waals surface area contributed by atoms with Gasteiger partial charge in [0.1, 0.15) is 0 Å². The standard InChI is InChI=1S/C12H15N3O4.C12H17N3O2.C11H12N2O5.C10H10N2O5.C9H7NO6/c1-13(2)11(16)8-5-9(12(17)14(3)4)7-10(6-8)15(18)19;1-14(2)11(16)8-5-9(7-10(13)6-8)12(17)15(3)4;1-12(2)10(14)7-4-8(11(15)18-3)6-9(5-7)13(16)17;1-11(2)9(13)6-3-7(10(14)15)5-8(4-6)12(16)17;1-16-9(13)6-2-5(8(11)12)3-7(4-6)10(14)15/h5-7H,1-4H3;5-7H,13H2,1-4H3;4-6H,1-3H3;3-5H,1-2H3,(H,14,15);2-4H,1H3,(H,11,12). The first-order chi connectivity index (χ1) is 40.2. The third-order valence-electron chi connectivity index (χ3n) is 10.7. The highest BCUT2D eigenvalue weighted by Crippen LogP contribution is 2.23. The van der Waals surface area contributed by atoms with Gasteiger partial charge in [0, 0.05) is 172 Å². The predicted molar refractivity (Wildman–Crippen MR) is 308 cm³/mol. The number of non-ortho nitro benzene ring substituents is 4. The molecule has 87 heavy (non-hydrogen) atoms. The number of carbonyl (C=O) groups excluding carboxylic acids is 8. The van der Waals surface area contributed by atoms with Crippen molar-refractivity contribution in [1.82, 2.24) is 29.4 Å². The van der Waals surface area contributed by atoms with Crippen molar-refractivity contribution in [3.63, 3.8) is 0 Å². The van der Waals surface area contributed by atoms with E-state index in [1.54, 1.807) is 46.4 Å². The molecule has 0 spiro atoms. The van der Waals surface area contributed by atoms with Crippen LogP contribution in [0.15, 0.2) is 91.0 Å². The van der Waals surface area contributed by atoms with E-state index in [2.05, 4.69) is 9.47 Å². The van der Waals surface area contributed by atoms with Crippen molar-refractivity contribution in [2.45, 2.75) is 0 Å². The number of methoxy groups -OCH3 is 2. The van der Waals surface area contributed by atoms with Crippen molar-refractivity contribution in [2.75, 3.05) is 105 Å². The third kappa shape index (κ3) is 22.1. The van der Waals surface area contributed by atoms with Crippen LogP contribution in [0.5, 0.6) is 0 Å². The van der Waals surface area contributed by atoms with Gasteiger partial charge in [-0.15, -0.1) is 0 Å². The number of hydrogen-bond donors (Lipinski definition) is 3. The van der Waals surface area contributed by atoms with Crippen LogP contribution in [0.2, 0.25) is 0 Å². The Kier molecular flexibility index (Phi) is 27.6. The Balaban J connectivity index is 0.000000544. The Hall–Kier alpha value is -11.8. The predicted octanol–water partition coefficient (Wildman–Crippen LogP) is 4.83. The molecule has 0 aliphatic carbocycles. The number of nitro benzene ring substituents is 4. The van der Waals surface area contributed by atoms with Crippen molar-refractivity contribution in [3.8, 4) is 0 Å². The topological polar surface area (TPSA) is 448 Å². The average molecular weight is 1220 g/mol. The van der Waals surface area contributed by atoms with Crippen LogP contribution < -0.4 is 5.73 Å². The second-order valence-corrected chi connectivity index (χ2v) is 18.7. The second-order valence-electron chi connectivity index (χ2n) is 18.7. The van der Waals surface area contributed by atoms with E-state index < -0.39 is 78.6 Å². The van der Waals surface area contributed by atoms with Crippen LogP contribution in [-0.4, -0.2) is 217 Å². The molecule has 0 radical (unpaired) electrons. The van der Waals surface area contributed by atoms with Crippen LogP contribution in [0.1, 0.15) is 104 Å². The molecule has 33 heteroatoms. The molecule has 0 aromatic heterocycles. The van der Waals surface area contributed by atoms with Gasteiger partial charge < -0.3 is 54.8 Å². The summed E-state index contributed by atoms with van der Waals surface area (Å²) in [6.07, 6.45) is 0. The van der Waals surface area contributed by atoms with E-state index >= 15 is 0 Å². The third-order valence-corrected chi connectivity index (χ3v) is 10.7. The molecule has 4 N–H and O–H groups in total. The smallest absolute Gasteiger partial charge is 0.338 e. The Morgan fingerprint density at radius 1 is 0.322 bits per heavy atom. The first-order valence-electron chi connectivity index (χ1n) is 24.2. The zero-order valence-electron chi connectivity index (χ0n) is 49.3. The van der Waals surface area contributed by atoms with Crippen LogP contribution >= 0.6 is 0 Å². The number of aromatic carboxylic acids is 2. The highest BCUT2D eigenvalue weighted by molar-refractivity contribution is 6.03. The number of carboxylic acids is 2. The lowest BCUT2D eigenvalue weighted by Gasteiger charge is -2.14. The summed E-state index contributed by atoms with van der Waals surface area (Å²) in [5.74, 6) is -6.28. The van der Waals surface area contributed by atoms with E-state index in [1.165, 1.54) is 97.9 Å². The summed E-state index contributed by atoms with van der Waals surface area (Å²) < 4.78 is 8.83. The maximum atomic E-state index is 11.8. The number of nitrogens with zero attached hydrogens (tertiary/aromatic N) is 10. The van der Waals surface area contributed by atoms with Gasteiger partial charge in [-0.3, -0.25) is 69.2 Å². The minimum absolute atomic E-state index is 0.0263. The molecule has 0 aliphatic rings. The Labute approximate surface area is 494 Å². The zero-order valence-corrected chi connectivity index (χ0v) is 49.3. The number of hydrogen-bond acceptors (Lipinski definition) is 21. The number of nitro groups is 4. The highest BCUT2D eigenvalue weighted by atomic mass is 16.6. The fourth-order valence-electron chi connectivity index (χ4n) is 6.53. The maximum Gasteiger partial charge on any atom is 0.338 e. The number of carboxylic acid groups (broad SMARTS) is 2. The van der Waals surface area contributed by atoms with E-state index in [-0.39, 0.29) is 67.7 Å². The van der Waals surface area contributed by atoms with Gasteiger partial charge in [-0.1, -0.05) is 0 Å². The van der Waals surface area contributed by atoms with Crippen LogP contribution in [0.25, 0.3) is 0 Å². The number of esters is 2. The van der Waals surface area contributed by atoms with Gasteiger partial charge in [-0.25, -0.2) is 19.2 Å². The lowest BCUT2D eigenvalue weighted by Crippen LogP contribution is -2.24. The number of rotatable bonds is 14. The minimum Gasteiger partial charge on any atom is -0.478 e. The Bertz CT molecular complexity index is 3380. The van der Waals surface area contributed by atoms with Crippen molar-refractivity contribution < 1.29 is 87.3 Å². The molecule has 0 heterocycles. The van der Waals surface area contributed by atoms with E-state index in [1.807, 2.05) is 0 Å². The van der Waals surface area contributed by atoms with Crippen LogP contribution in [-0.2, 0) is 9.47 Å². The van der Waals surface area contributed by atoms with E-state index in [4.69, 9.17) is 15.9 Å². The van der Waals surface area contributed by atoms with Gasteiger partial charge >= 0.3 is 23.9 Å². The lowest BCUT2D eigenvalue weighted by atomic mass is 10.1. The number of nitrogens with two attached hydrogens (primary N) is 1. The molecule has 5 rings (SSSR count). The lowest BCUT2D eigenvalue weighted by molar-refractivity contribution is -0.385. The first kappa shape index (κ1) is 73.2. The number of carbonyl (C=O) groups is 10. The summed E-state index contributed by atoms with van der Waals surface area (Å²) in [6, 6.07) is 17.7. The molecule has 0 fully saturated rings. The van der Waals surface area contributed by atoms with Gasteiger partial charge in [0.05, 0.1) is 56.2 Å². The first-order valence-corrected chi connectivity index (χ1v) is 24.2. The Morgan fingerprint density at radius 2 is 0.483 bits per heavy atom. The van der Waals surface area contributed by atoms with Crippen LogP contribution in [0.4, 0.5) is 28.4 Å². The van der Waals surface area contributed by atoms with Gasteiger partial charge in [0.2, 0.25) is 0 Å². The Morgan fingerprint density at radius 3 is 0.667 bits per heavy atom. The van der Waals surface area contributed by atoms with E-state index in [0.29, 0.717) is 16.8 Å². The van der Waals surface area contributed by atoms with Gasteiger partial charge in [-0.2, -0.15) is 0 Å². The molecule has 5 aromatic carbocycles. The summed E-state index contributed by atoms with van der Waals surface area (Å²) in [6.45, 7) is 0. The second kappa shape index (κ2) is 32.7. The summed E-state index contributed by atoms with van der Waals surface area (Å²) in [7, 11) is 21.0. The molecule has 0 atom stereocenters.